The maximum absolute atomic E-state index is 12.3. The SMILES string of the molecule is O=C1C2CC3CC24CC(CC14)C31OOC2(CCCCC2)O1. The normalized spacial score (nSPS) is 59.0. The molecule has 4 heteroatoms. The first-order valence-corrected chi connectivity index (χ1v) is 8.78. The topological polar surface area (TPSA) is 44.8 Å². The van der Waals surface area contributed by atoms with Crippen molar-refractivity contribution in [1.29, 1.82) is 0 Å². The molecule has 0 amide bonds. The molecule has 3 bridgehead atoms. The Hall–Kier alpha value is -0.450. The third-order valence-corrected chi connectivity index (χ3v) is 7.79. The van der Waals surface area contributed by atoms with Crippen molar-refractivity contribution in [3.05, 3.63) is 0 Å². The van der Waals surface area contributed by atoms with Gasteiger partial charge in [0.25, 0.3) is 0 Å². The van der Waals surface area contributed by atoms with E-state index in [4.69, 9.17) is 14.5 Å². The van der Waals surface area contributed by atoms with Crippen molar-refractivity contribution >= 4 is 5.78 Å². The molecule has 114 valence electrons. The lowest BCUT2D eigenvalue weighted by molar-refractivity contribution is -0.374. The number of carbonyl (C=O) groups is 1. The molecule has 1 aliphatic heterocycles. The number of ketones is 1. The number of Topliss-reactive ketones (excluding diaryl/α,β-unsaturated/α-hetero) is 1. The molecule has 0 N–H and O–H groups in total. The lowest BCUT2D eigenvalue weighted by Crippen LogP contribution is -2.52. The third kappa shape index (κ3) is 1.14. The van der Waals surface area contributed by atoms with E-state index in [9.17, 15) is 4.79 Å². The predicted octanol–water partition coefficient (Wildman–Crippen LogP) is 2.96. The number of ether oxygens (including phenoxy) is 1. The summed E-state index contributed by atoms with van der Waals surface area (Å²) in [6, 6.07) is 0. The average Bonchev–Trinajstić information content (AvgIpc) is 3.10. The van der Waals surface area contributed by atoms with E-state index in [1.54, 1.807) is 0 Å². The average molecular weight is 290 g/mol. The molecular weight excluding hydrogens is 268 g/mol. The summed E-state index contributed by atoms with van der Waals surface area (Å²) in [5, 5.41) is 0. The van der Waals surface area contributed by atoms with Crippen LogP contribution in [0.15, 0.2) is 0 Å². The van der Waals surface area contributed by atoms with E-state index in [1.165, 1.54) is 19.3 Å². The highest BCUT2D eigenvalue weighted by Crippen LogP contribution is 2.77. The molecular formula is C17H22O4. The van der Waals surface area contributed by atoms with Crippen LogP contribution in [0.25, 0.3) is 0 Å². The van der Waals surface area contributed by atoms with E-state index in [0.717, 1.165) is 38.5 Å². The monoisotopic (exact) mass is 290 g/mol. The summed E-state index contributed by atoms with van der Waals surface area (Å²) >= 11 is 0. The fraction of sp³-hybridized carbons (Fsp3) is 0.941. The largest absolute Gasteiger partial charge is 0.312 e. The van der Waals surface area contributed by atoms with Gasteiger partial charge in [-0.15, -0.1) is 0 Å². The van der Waals surface area contributed by atoms with E-state index in [2.05, 4.69) is 0 Å². The van der Waals surface area contributed by atoms with E-state index in [-0.39, 0.29) is 0 Å². The quantitative estimate of drug-likeness (QED) is 0.643. The lowest BCUT2D eigenvalue weighted by Gasteiger charge is -2.47. The fourth-order valence-electron chi connectivity index (χ4n) is 6.95. The second kappa shape index (κ2) is 3.39. The molecule has 1 saturated heterocycles. The first-order valence-electron chi connectivity index (χ1n) is 8.78. The van der Waals surface area contributed by atoms with Gasteiger partial charge in [-0.25, -0.2) is 0 Å². The molecule has 6 fully saturated rings. The highest BCUT2D eigenvalue weighted by Gasteiger charge is 2.80. The molecule has 4 nitrogen and oxygen atoms in total. The van der Waals surface area contributed by atoms with Crippen molar-refractivity contribution in [2.24, 2.45) is 29.1 Å². The Labute approximate surface area is 124 Å². The molecule has 0 aromatic heterocycles. The highest BCUT2D eigenvalue weighted by molar-refractivity contribution is 5.93. The van der Waals surface area contributed by atoms with Gasteiger partial charge in [0.1, 0.15) is 5.78 Å². The van der Waals surface area contributed by atoms with Gasteiger partial charge in [0.15, 0.2) is 0 Å². The molecule has 1 heterocycles. The molecule has 4 atom stereocenters. The Kier molecular flexibility index (Phi) is 1.94. The van der Waals surface area contributed by atoms with Gasteiger partial charge in [-0.1, -0.05) is 6.42 Å². The van der Waals surface area contributed by atoms with Crippen LogP contribution in [0.1, 0.15) is 57.8 Å². The molecule has 6 aliphatic rings. The summed E-state index contributed by atoms with van der Waals surface area (Å²) in [6.45, 7) is 0. The van der Waals surface area contributed by atoms with Gasteiger partial charge in [0.2, 0.25) is 11.6 Å². The Morgan fingerprint density at radius 1 is 0.905 bits per heavy atom. The number of carbonyl (C=O) groups excluding carboxylic acids is 1. The third-order valence-electron chi connectivity index (χ3n) is 7.79. The summed E-state index contributed by atoms with van der Waals surface area (Å²) in [6.07, 6.45) is 9.75. The van der Waals surface area contributed by atoms with E-state index in [0.29, 0.717) is 34.9 Å². The standard InChI is InChI=1S/C17H22O4/c18-14-12-6-10-8-15(12)9-11(7-13(14)15)17(10)19-16(20-21-17)4-2-1-3-5-16/h10-13H,1-9H2. The summed E-state index contributed by atoms with van der Waals surface area (Å²) in [5.41, 5.74) is 0.340. The minimum atomic E-state index is -0.523. The zero-order chi connectivity index (χ0) is 13.9. The summed E-state index contributed by atoms with van der Waals surface area (Å²) in [7, 11) is 0. The maximum Gasteiger partial charge on any atom is 0.210 e. The van der Waals surface area contributed by atoms with E-state index < -0.39 is 11.6 Å². The molecule has 21 heavy (non-hydrogen) atoms. The molecule has 6 rings (SSSR count). The molecule has 0 aromatic carbocycles. The Balaban J connectivity index is 1.38. The highest BCUT2D eigenvalue weighted by atomic mass is 17.3. The van der Waals surface area contributed by atoms with Crippen LogP contribution in [0.4, 0.5) is 0 Å². The van der Waals surface area contributed by atoms with Crippen LogP contribution >= 0.6 is 0 Å². The van der Waals surface area contributed by atoms with Crippen LogP contribution in [0.3, 0.4) is 0 Å². The van der Waals surface area contributed by atoms with Crippen molar-refractivity contribution in [3.8, 4) is 0 Å². The van der Waals surface area contributed by atoms with Crippen molar-refractivity contribution in [1.82, 2.24) is 0 Å². The fourth-order valence-corrected chi connectivity index (χ4v) is 6.95. The van der Waals surface area contributed by atoms with Gasteiger partial charge in [-0.3, -0.25) is 4.79 Å². The van der Waals surface area contributed by atoms with Gasteiger partial charge >= 0.3 is 0 Å². The van der Waals surface area contributed by atoms with Crippen molar-refractivity contribution < 1.29 is 19.3 Å². The van der Waals surface area contributed by atoms with E-state index >= 15 is 0 Å². The number of hydrogen-bond donors (Lipinski definition) is 0. The van der Waals surface area contributed by atoms with Crippen LogP contribution in [-0.4, -0.2) is 17.4 Å². The van der Waals surface area contributed by atoms with Gasteiger partial charge in [0.05, 0.1) is 0 Å². The Morgan fingerprint density at radius 2 is 1.57 bits per heavy atom. The molecule has 0 radical (unpaired) electrons. The van der Waals surface area contributed by atoms with Crippen LogP contribution < -0.4 is 0 Å². The predicted molar refractivity (Wildman–Crippen MR) is 71.7 cm³/mol. The Bertz CT molecular complexity index is 507. The minimum absolute atomic E-state index is 0.312. The summed E-state index contributed by atoms with van der Waals surface area (Å²) in [5.74, 6) is 0.918. The molecule has 4 unspecified atom stereocenters. The molecule has 5 aliphatic carbocycles. The smallest absolute Gasteiger partial charge is 0.210 e. The molecule has 5 saturated carbocycles. The summed E-state index contributed by atoms with van der Waals surface area (Å²) in [4.78, 5) is 24.1. The second-order valence-electron chi connectivity index (χ2n) is 8.48. The van der Waals surface area contributed by atoms with Crippen molar-refractivity contribution in [3.63, 3.8) is 0 Å². The number of hydrogen-bond acceptors (Lipinski definition) is 4. The second-order valence-corrected chi connectivity index (χ2v) is 8.48. The zero-order valence-corrected chi connectivity index (χ0v) is 12.3. The number of fused-ring (bicyclic) bond motifs is 4. The van der Waals surface area contributed by atoms with Gasteiger partial charge in [-0.05, 0) is 43.9 Å². The van der Waals surface area contributed by atoms with Crippen LogP contribution in [0.5, 0.6) is 0 Å². The van der Waals surface area contributed by atoms with Gasteiger partial charge in [-0.2, -0.15) is 9.78 Å². The molecule has 0 aromatic rings. The minimum Gasteiger partial charge on any atom is -0.312 e. The zero-order valence-electron chi connectivity index (χ0n) is 12.3. The number of rotatable bonds is 0. The first kappa shape index (κ1) is 12.0. The van der Waals surface area contributed by atoms with Crippen LogP contribution in [0, 0.1) is 29.1 Å². The maximum atomic E-state index is 12.3. The molecule has 3 spiro atoms. The first-order chi connectivity index (χ1) is 10.2. The van der Waals surface area contributed by atoms with Crippen LogP contribution in [-0.2, 0) is 19.3 Å². The lowest BCUT2D eigenvalue weighted by atomic mass is 9.55. The summed E-state index contributed by atoms with van der Waals surface area (Å²) < 4.78 is 6.62. The van der Waals surface area contributed by atoms with E-state index in [1.807, 2.05) is 0 Å². The van der Waals surface area contributed by atoms with Crippen molar-refractivity contribution in [2.45, 2.75) is 69.4 Å². The van der Waals surface area contributed by atoms with Gasteiger partial charge in [0, 0.05) is 36.5 Å². The van der Waals surface area contributed by atoms with Crippen LogP contribution in [0.2, 0.25) is 0 Å². The van der Waals surface area contributed by atoms with Gasteiger partial charge < -0.3 is 4.74 Å². The van der Waals surface area contributed by atoms with Crippen molar-refractivity contribution in [2.75, 3.05) is 0 Å². The Morgan fingerprint density at radius 3 is 2.24 bits per heavy atom.